The fourth-order valence-corrected chi connectivity index (χ4v) is 4.81. The van der Waals surface area contributed by atoms with Gasteiger partial charge in [-0.15, -0.1) is 0 Å². The van der Waals surface area contributed by atoms with Crippen molar-refractivity contribution in [2.24, 2.45) is 0 Å². The van der Waals surface area contributed by atoms with Gasteiger partial charge in [-0.2, -0.15) is 0 Å². The lowest BCUT2D eigenvalue weighted by Gasteiger charge is -2.37. The molecule has 190 valence electrons. The van der Waals surface area contributed by atoms with E-state index in [0.29, 0.717) is 67.7 Å². The first-order valence-corrected chi connectivity index (χ1v) is 12.1. The number of halogens is 1. The number of carbonyl (C=O) groups excluding carboxylic acids is 3. The summed E-state index contributed by atoms with van der Waals surface area (Å²) in [5, 5.41) is 2.84. The lowest BCUT2D eigenvalue weighted by atomic mass is 9.91. The minimum Gasteiger partial charge on any atom is -0.490 e. The second-order valence-corrected chi connectivity index (χ2v) is 9.47. The molecule has 0 spiro atoms. The van der Waals surface area contributed by atoms with Gasteiger partial charge >= 0.3 is 6.03 Å². The van der Waals surface area contributed by atoms with Crippen LogP contribution in [0.4, 0.5) is 14.9 Å². The van der Waals surface area contributed by atoms with Crippen LogP contribution >= 0.6 is 0 Å². The Kier molecular flexibility index (Phi) is 6.29. The summed E-state index contributed by atoms with van der Waals surface area (Å²) in [4.78, 5) is 42.9. The zero-order chi connectivity index (χ0) is 25.4. The maximum atomic E-state index is 14.6. The number of nitrogens with zero attached hydrogens (tertiary/aromatic N) is 3. The largest absolute Gasteiger partial charge is 0.490 e. The van der Waals surface area contributed by atoms with Crippen LogP contribution in [0.15, 0.2) is 36.4 Å². The molecule has 3 aliphatic heterocycles. The lowest BCUT2D eigenvalue weighted by molar-refractivity contribution is -0.132. The van der Waals surface area contributed by atoms with Gasteiger partial charge in [0.15, 0.2) is 17.3 Å². The highest BCUT2D eigenvalue weighted by Gasteiger charge is 2.49. The summed E-state index contributed by atoms with van der Waals surface area (Å²) in [5.74, 6) is 0.231. The molecule has 9 nitrogen and oxygen atoms in total. The number of ketones is 1. The number of carbonyl (C=O) groups is 3. The Bertz CT molecular complexity index is 1210. The Hall–Kier alpha value is -3.66. The summed E-state index contributed by atoms with van der Waals surface area (Å²) >= 11 is 0. The Morgan fingerprint density at radius 3 is 2.44 bits per heavy atom. The Morgan fingerprint density at radius 1 is 1.03 bits per heavy atom. The quantitative estimate of drug-likeness (QED) is 0.503. The monoisotopic (exact) mass is 496 g/mol. The summed E-state index contributed by atoms with van der Waals surface area (Å²) in [6.45, 7) is 6.48. The number of fused-ring (bicyclic) bond motifs is 1. The van der Waals surface area contributed by atoms with E-state index in [-0.39, 0.29) is 18.4 Å². The van der Waals surface area contributed by atoms with Crippen molar-refractivity contribution in [2.45, 2.75) is 25.8 Å². The molecule has 1 N–H and O–H groups in total. The standard InChI is InChI=1S/C26H29FN4O5/c1-17(32)18-4-6-21(20(27)14-18)30-10-8-29(9-11-30)16-31-24(33)26(2,28-25(31)34)19-5-7-22-23(15-19)36-13-3-12-35-22/h4-7,14-15H,3,8-13,16H2,1-2H3,(H,28,34)/t26-/m0/s1. The number of benzene rings is 2. The summed E-state index contributed by atoms with van der Waals surface area (Å²) in [6.07, 6.45) is 0.772. The average Bonchev–Trinajstić information content (AvgIpc) is 3.02. The number of piperazine rings is 1. The molecule has 0 bridgehead atoms. The van der Waals surface area contributed by atoms with Gasteiger partial charge in [-0.05, 0) is 49.7 Å². The lowest BCUT2D eigenvalue weighted by Crippen LogP contribution is -2.51. The van der Waals surface area contributed by atoms with E-state index in [2.05, 4.69) is 5.32 Å². The topological polar surface area (TPSA) is 91.4 Å². The summed E-state index contributed by atoms with van der Waals surface area (Å²) < 4.78 is 26.0. The highest BCUT2D eigenvalue weighted by molar-refractivity contribution is 6.07. The van der Waals surface area contributed by atoms with Crippen molar-refractivity contribution in [3.63, 3.8) is 0 Å². The van der Waals surface area contributed by atoms with E-state index in [9.17, 15) is 18.8 Å². The maximum absolute atomic E-state index is 14.6. The molecule has 10 heteroatoms. The van der Waals surface area contributed by atoms with Crippen molar-refractivity contribution in [1.29, 1.82) is 0 Å². The molecule has 2 saturated heterocycles. The van der Waals surface area contributed by atoms with E-state index < -0.39 is 17.4 Å². The first kappa shape index (κ1) is 24.1. The number of amides is 3. The number of rotatable bonds is 5. The SMILES string of the molecule is CC(=O)c1ccc(N2CCN(CN3C(=O)N[C@@](C)(c4ccc5c(c4)OCCCO5)C3=O)CC2)c(F)c1. The Balaban J connectivity index is 1.24. The fraction of sp³-hybridized carbons (Fsp3) is 0.423. The van der Waals surface area contributed by atoms with Gasteiger partial charge in [0.1, 0.15) is 11.4 Å². The fourth-order valence-electron chi connectivity index (χ4n) is 4.81. The van der Waals surface area contributed by atoms with Gasteiger partial charge in [-0.3, -0.25) is 14.5 Å². The summed E-state index contributed by atoms with van der Waals surface area (Å²) in [5.41, 5.74) is 0.189. The van der Waals surface area contributed by atoms with Crippen molar-refractivity contribution < 1.29 is 28.2 Å². The number of hydrogen-bond acceptors (Lipinski definition) is 7. The molecule has 0 aliphatic carbocycles. The van der Waals surface area contributed by atoms with Gasteiger partial charge in [0.25, 0.3) is 5.91 Å². The molecule has 3 heterocycles. The molecule has 5 rings (SSSR count). The van der Waals surface area contributed by atoms with Crippen LogP contribution in [0.1, 0.15) is 36.2 Å². The van der Waals surface area contributed by atoms with E-state index in [1.54, 1.807) is 37.3 Å². The van der Waals surface area contributed by atoms with Crippen LogP contribution in [0.5, 0.6) is 11.5 Å². The van der Waals surface area contributed by atoms with E-state index in [0.717, 1.165) is 6.42 Å². The molecule has 0 saturated carbocycles. The van der Waals surface area contributed by atoms with Crippen LogP contribution in [-0.2, 0) is 10.3 Å². The molecule has 2 aromatic carbocycles. The van der Waals surface area contributed by atoms with Crippen LogP contribution < -0.4 is 19.7 Å². The van der Waals surface area contributed by atoms with E-state index in [4.69, 9.17) is 9.47 Å². The molecule has 3 aliphatic rings. The first-order valence-electron chi connectivity index (χ1n) is 12.1. The molecule has 36 heavy (non-hydrogen) atoms. The third kappa shape index (κ3) is 4.37. The van der Waals surface area contributed by atoms with E-state index in [1.807, 2.05) is 9.80 Å². The predicted octanol–water partition coefficient (Wildman–Crippen LogP) is 2.74. The van der Waals surface area contributed by atoms with Crippen molar-refractivity contribution >= 4 is 23.4 Å². The maximum Gasteiger partial charge on any atom is 0.326 e. The van der Waals surface area contributed by atoms with Gasteiger partial charge in [-0.25, -0.2) is 14.1 Å². The van der Waals surface area contributed by atoms with Crippen molar-refractivity contribution in [1.82, 2.24) is 15.1 Å². The van der Waals surface area contributed by atoms with Gasteiger partial charge in [0.05, 0.1) is 25.6 Å². The number of ether oxygens (including phenoxy) is 2. The van der Waals surface area contributed by atoms with E-state index >= 15 is 0 Å². The normalized spacial score (nSPS) is 22.4. The van der Waals surface area contributed by atoms with Crippen molar-refractivity contribution in [3.05, 3.63) is 53.3 Å². The average molecular weight is 497 g/mol. The zero-order valence-electron chi connectivity index (χ0n) is 20.4. The van der Waals surface area contributed by atoms with Crippen LogP contribution in [0.3, 0.4) is 0 Å². The molecule has 0 radical (unpaired) electrons. The van der Waals surface area contributed by atoms with E-state index in [1.165, 1.54) is 17.9 Å². The van der Waals surface area contributed by atoms with Crippen molar-refractivity contribution in [3.8, 4) is 11.5 Å². The third-order valence-corrected chi connectivity index (χ3v) is 7.01. The molecule has 2 aromatic rings. The number of Topliss-reactive ketones (excluding diaryl/α,β-unsaturated/α-hetero) is 1. The molecule has 0 aromatic heterocycles. The first-order chi connectivity index (χ1) is 17.3. The van der Waals surface area contributed by atoms with Crippen LogP contribution in [0.25, 0.3) is 0 Å². The van der Waals surface area contributed by atoms with Gasteiger partial charge < -0.3 is 19.7 Å². The molecular formula is C26H29FN4O5. The van der Waals surface area contributed by atoms with Crippen LogP contribution in [0.2, 0.25) is 0 Å². The second-order valence-electron chi connectivity index (χ2n) is 9.47. The Labute approximate surface area is 208 Å². The molecule has 2 fully saturated rings. The molecule has 3 amide bonds. The smallest absolute Gasteiger partial charge is 0.326 e. The molecular weight excluding hydrogens is 467 g/mol. The van der Waals surface area contributed by atoms with Gasteiger partial charge in [0, 0.05) is 38.2 Å². The number of nitrogens with one attached hydrogen (secondary N) is 1. The Morgan fingerprint density at radius 2 is 1.75 bits per heavy atom. The van der Waals surface area contributed by atoms with Gasteiger partial charge in [-0.1, -0.05) is 6.07 Å². The number of anilines is 1. The highest BCUT2D eigenvalue weighted by Crippen LogP contribution is 2.36. The zero-order valence-corrected chi connectivity index (χ0v) is 20.4. The van der Waals surface area contributed by atoms with Crippen LogP contribution in [0, 0.1) is 5.82 Å². The third-order valence-electron chi connectivity index (χ3n) is 7.01. The highest BCUT2D eigenvalue weighted by atomic mass is 19.1. The minimum atomic E-state index is -1.22. The number of imide groups is 1. The predicted molar refractivity (Wildman–Crippen MR) is 130 cm³/mol. The molecule has 0 unspecified atom stereocenters. The molecule has 1 atom stereocenters. The van der Waals surface area contributed by atoms with Crippen molar-refractivity contribution in [2.75, 3.05) is 51.0 Å². The van der Waals surface area contributed by atoms with Crippen LogP contribution in [-0.4, -0.2) is 73.6 Å². The summed E-state index contributed by atoms with van der Waals surface area (Å²) in [7, 11) is 0. The number of hydrogen-bond donors (Lipinski definition) is 1. The number of urea groups is 1. The minimum absolute atomic E-state index is 0.143. The summed E-state index contributed by atoms with van der Waals surface area (Å²) in [6, 6.07) is 9.36. The van der Waals surface area contributed by atoms with Gasteiger partial charge in [0.2, 0.25) is 0 Å². The second kappa shape index (κ2) is 9.42.